The van der Waals surface area contributed by atoms with Crippen LogP contribution in [-0.2, 0) is 0 Å². The van der Waals surface area contributed by atoms with Gasteiger partial charge in [-0.25, -0.2) is 0 Å². The van der Waals surface area contributed by atoms with E-state index in [-0.39, 0.29) is 11.5 Å². The fourth-order valence-electron chi connectivity index (χ4n) is 8.09. The highest BCUT2D eigenvalue weighted by Gasteiger charge is 2.61. The molecule has 0 amide bonds. The Morgan fingerprint density at radius 2 is 1.96 bits per heavy atom. The Kier molecular flexibility index (Phi) is 5.06. The second kappa shape index (κ2) is 6.92. The first kappa shape index (κ1) is 19.0. The summed E-state index contributed by atoms with van der Waals surface area (Å²) >= 11 is 0. The number of fused-ring (bicyclic) bond motifs is 5. The maximum absolute atomic E-state index is 11.5. The van der Waals surface area contributed by atoms with Crippen molar-refractivity contribution in [2.24, 2.45) is 40.4 Å². The van der Waals surface area contributed by atoms with Crippen molar-refractivity contribution in [1.82, 2.24) is 0 Å². The van der Waals surface area contributed by atoms with Gasteiger partial charge in [0.05, 0.1) is 6.10 Å². The molecule has 2 N–H and O–H groups in total. The first-order valence-corrected chi connectivity index (χ1v) is 11.4. The summed E-state index contributed by atoms with van der Waals surface area (Å²) in [7, 11) is 0. The zero-order valence-electron chi connectivity index (χ0n) is 17.2. The number of hydrogen-bond acceptors (Lipinski definition) is 2. The zero-order valence-corrected chi connectivity index (χ0v) is 17.2. The number of aliphatic hydroxyl groups is 2. The molecule has 4 aliphatic carbocycles. The van der Waals surface area contributed by atoms with Gasteiger partial charge in [0.2, 0.25) is 0 Å². The predicted octanol–water partition coefficient (Wildman–Crippen LogP) is 5.33. The Morgan fingerprint density at radius 1 is 1.15 bits per heavy atom. The lowest BCUT2D eigenvalue weighted by molar-refractivity contribution is -0.0935. The molecule has 0 radical (unpaired) electrons. The van der Waals surface area contributed by atoms with E-state index < -0.39 is 0 Å². The van der Waals surface area contributed by atoms with E-state index in [4.69, 9.17) is 0 Å². The fraction of sp³-hybridized carbons (Fsp3) is 0.917. The fourth-order valence-corrected chi connectivity index (χ4v) is 8.09. The third-order valence-electron chi connectivity index (χ3n) is 9.69. The van der Waals surface area contributed by atoms with Crippen LogP contribution < -0.4 is 0 Å². The lowest BCUT2D eigenvalue weighted by Gasteiger charge is -2.58. The Hall–Kier alpha value is -0.340. The van der Waals surface area contributed by atoms with Crippen LogP contribution in [-0.4, -0.2) is 22.9 Å². The minimum Gasteiger partial charge on any atom is -0.396 e. The summed E-state index contributed by atoms with van der Waals surface area (Å²) in [6.07, 6.45) is 14.8. The smallest absolute Gasteiger partial charge is 0.0608 e. The lowest BCUT2D eigenvalue weighted by atomic mass is 9.47. The van der Waals surface area contributed by atoms with Crippen molar-refractivity contribution in [2.75, 3.05) is 6.61 Å². The normalized spacial score (nSPS) is 49.0. The van der Waals surface area contributed by atoms with Gasteiger partial charge in [-0.15, -0.1) is 0 Å². The Balaban J connectivity index is 1.63. The van der Waals surface area contributed by atoms with Crippen LogP contribution in [0, 0.1) is 40.4 Å². The van der Waals surface area contributed by atoms with Gasteiger partial charge >= 0.3 is 0 Å². The van der Waals surface area contributed by atoms with E-state index in [1.807, 2.05) is 0 Å². The van der Waals surface area contributed by atoms with Crippen LogP contribution >= 0.6 is 0 Å². The van der Waals surface area contributed by atoms with Crippen molar-refractivity contribution in [3.63, 3.8) is 0 Å². The zero-order chi connectivity index (χ0) is 18.5. The molecule has 2 nitrogen and oxygen atoms in total. The molecule has 3 saturated carbocycles. The van der Waals surface area contributed by atoms with Gasteiger partial charge in [0, 0.05) is 12.0 Å². The summed E-state index contributed by atoms with van der Waals surface area (Å²) in [5.74, 6) is 3.28. The van der Waals surface area contributed by atoms with Crippen LogP contribution in [0.5, 0.6) is 0 Å². The summed E-state index contributed by atoms with van der Waals surface area (Å²) in [6, 6.07) is 0. The maximum atomic E-state index is 11.5. The Bertz CT molecular complexity index is 554. The van der Waals surface area contributed by atoms with E-state index in [2.05, 4.69) is 26.8 Å². The highest BCUT2D eigenvalue weighted by Crippen LogP contribution is 2.66. The van der Waals surface area contributed by atoms with Gasteiger partial charge in [0.15, 0.2) is 0 Å². The molecule has 2 heteroatoms. The molecule has 8 atom stereocenters. The van der Waals surface area contributed by atoms with E-state index in [9.17, 15) is 10.2 Å². The minimum absolute atomic E-state index is 0.0507. The second-order valence-corrected chi connectivity index (χ2v) is 10.6. The van der Waals surface area contributed by atoms with Crippen molar-refractivity contribution in [1.29, 1.82) is 0 Å². The summed E-state index contributed by atoms with van der Waals surface area (Å²) in [6.45, 7) is 7.62. The first-order valence-electron chi connectivity index (χ1n) is 11.4. The molecule has 0 aromatic carbocycles. The van der Waals surface area contributed by atoms with Crippen molar-refractivity contribution in [2.45, 2.75) is 91.1 Å². The summed E-state index contributed by atoms with van der Waals surface area (Å²) in [5, 5.41) is 20.7. The van der Waals surface area contributed by atoms with Gasteiger partial charge in [-0.1, -0.05) is 45.3 Å². The molecule has 26 heavy (non-hydrogen) atoms. The van der Waals surface area contributed by atoms with Crippen LogP contribution in [0.25, 0.3) is 0 Å². The van der Waals surface area contributed by atoms with Gasteiger partial charge in [-0.3, -0.25) is 0 Å². The topological polar surface area (TPSA) is 40.5 Å². The molecular formula is C24H40O2. The van der Waals surface area contributed by atoms with Gasteiger partial charge in [-0.2, -0.15) is 0 Å². The quantitative estimate of drug-likeness (QED) is 0.665. The molecule has 2 unspecified atom stereocenters. The van der Waals surface area contributed by atoms with Crippen molar-refractivity contribution < 1.29 is 10.2 Å². The molecule has 0 aromatic heterocycles. The molecule has 4 aliphatic rings. The van der Waals surface area contributed by atoms with Crippen LogP contribution in [0.3, 0.4) is 0 Å². The van der Waals surface area contributed by atoms with E-state index >= 15 is 0 Å². The number of rotatable bonds is 4. The monoisotopic (exact) mass is 360 g/mol. The van der Waals surface area contributed by atoms with Crippen LogP contribution in [0.4, 0.5) is 0 Å². The molecule has 0 heterocycles. The summed E-state index contributed by atoms with van der Waals surface area (Å²) < 4.78 is 0. The van der Waals surface area contributed by atoms with Crippen molar-refractivity contribution in [3.8, 4) is 0 Å². The van der Waals surface area contributed by atoms with Crippen molar-refractivity contribution >= 4 is 0 Å². The van der Waals surface area contributed by atoms with Gasteiger partial charge < -0.3 is 10.2 Å². The molecule has 0 bridgehead atoms. The Morgan fingerprint density at radius 3 is 2.73 bits per heavy atom. The van der Waals surface area contributed by atoms with E-state index in [1.54, 1.807) is 5.57 Å². The number of allylic oxidation sites excluding steroid dienone is 2. The molecule has 148 valence electrons. The highest BCUT2D eigenvalue weighted by atomic mass is 16.3. The molecule has 0 saturated heterocycles. The van der Waals surface area contributed by atoms with Gasteiger partial charge in [0.25, 0.3) is 0 Å². The third kappa shape index (κ3) is 2.65. The third-order valence-corrected chi connectivity index (χ3v) is 9.69. The largest absolute Gasteiger partial charge is 0.396 e. The lowest BCUT2D eigenvalue weighted by Crippen LogP contribution is -2.54. The predicted molar refractivity (Wildman–Crippen MR) is 107 cm³/mol. The molecule has 0 aliphatic heterocycles. The van der Waals surface area contributed by atoms with Crippen molar-refractivity contribution in [3.05, 3.63) is 11.6 Å². The first-order chi connectivity index (χ1) is 12.4. The maximum Gasteiger partial charge on any atom is 0.0608 e. The average molecular weight is 361 g/mol. The summed E-state index contributed by atoms with van der Waals surface area (Å²) in [4.78, 5) is 0. The molecule has 0 spiro atoms. The van der Waals surface area contributed by atoms with Crippen LogP contribution in [0.15, 0.2) is 11.6 Å². The van der Waals surface area contributed by atoms with Gasteiger partial charge in [-0.05, 0) is 86.4 Å². The summed E-state index contributed by atoms with van der Waals surface area (Å²) in [5.41, 5.74) is 2.23. The molecular weight excluding hydrogens is 320 g/mol. The molecule has 0 aromatic rings. The minimum atomic E-state index is -0.156. The number of aliphatic hydroxyl groups excluding tert-OH is 2. The van der Waals surface area contributed by atoms with Gasteiger partial charge in [0.1, 0.15) is 0 Å². The van der Waals surface area contributed by atoms with E-state index in [0.29, 0.717) is 35.7 Å². The van der Waals surface area contributed by atoms with E-state index in [0.717, 1.165) is 25.2 Å². The Labute approximate surface area is 160 Å². The average Bonchev–Trinajstić information content (AvgIpc) is 2.99. The SMILES string of the molecule is C[C@H](CCCO)[C@H]1CC[C@H]2C3=CCC4CCCC[C@]4(C)[C@H]3CC(O)[C@]12C. The molecule has 4 rings (SSSR count). The highest BCUT2D eigenvalue weighted by molar-refractivity contribution is 5.29. The van der Waals surface area contributed by atoms with Crippen LogP contribution in [0.1, 0.15) is 85.0 Å². The number of hydrogen-bond donors (Lipinski definition) is 2. The molecule has 3 fully saturated rings. The van der Waals surface area contributed by atoms with Crippen LogP contribution in [0.2, 0.25) is 0 Å². The second-order valence-electron chi connectivity index (χ2n) is 10.6. The standard InChI is InChI=1S/C24H40O2/c1-16(7-6-14-25)19-11-12-20-18-10-9-17-8-4-5-13-23(17,2)21(18)15-22(26)24(19,20)3/h10,16-17,19-22,25-26H,4-9,11-15H2,1-3H3/t16-,17?,19-,20+,21+,22?,23+,24-/m1/s1. The van der Waals surface area contributed by atoms with E-state index in [1.165, 1.54) is 44.9 Å².